The van der Waals surface area contributed by atoms with E-state index in [4.69, 9.17) is 4.74 Å². The number of aromatic nitrogens is 3. The van der Waals surface area contributed by atoms with Crippen LogP contribution in [0.4, 0.5) is 5.69 Å². The first kappa shape index (κ1) is 16.6. The van der Waals surface area contributed by atoms with E-state index in [2.05, 4.69) is 15.5 Å². The molecule has 1 saturated heterocycles. The second-order valence-electron chi connectivity index (χ2n) is 6.88. The summed E-state index contributed by atoms with van der Waals surface area (Å²) < 4.78 is 7.01. The van der Waals surface area contributed by atoms with Crippen molar-refractivity contribution in [3.8, 4) is 5.75 Å². The molecular formula is C18H21N5O3. The fourth-order valence-electron chi connectivity index (χ4n) is 3.81. The van der Waals surface area contributed by atoms with Gasteiger partial charge in [-0.25, -0.2) is 0 Å². The van der Waals surface area contributed by atoms with Gasteiger partial charge in [0.1, 0.15) is 11.6 Å². The summed E-state index contributed by atoms with van der Waals surface area (Å²) in [6.45, 7) is 3.77. The number of rotatable bonds is 3. The maximum atomic E-state index is 12.6. The molecule has 1 aromatic carbocycles. The van der Waals surface area contributed by atoms with Crippen LogP contribution in [0, 0.1) is 11.8 Å². The van der Waals surface area contributed by atoms with Crippen molar-refractivity contribution in [2.24, 2.45) is 11.8 Å². The van der Waals surface area contributed by atoms with Crippen molar-refractivity contribution in [2.45, 2.75) is 19.9 Å². The van der Waals surface area contributed by atoms with Crippen molar-refractivity contribution in [1.82, 2.24) is 19.7 Å². The van der Waals surface area contributed by atoms with Crippen LogP contribution in [0.5, 0.6) is 5.75 Å². The van der Waals surface area contributed by atoms with Gasteiger partial charge in [0.15, 0.2) is 0 Å². The number of carbonyl (C=O) groups excluding carboxylic acids is 2. The number of hydrogen-bond donors (Lipinski definition) is 1. The van der Waals surface area contributed by atoms with Crippen LogP contribution >= 0.6 is 0 Å². The molecule has 3 heterocycles. The number of fused-ring (bicyclic) bond motifs is 2. The molecule has 0 unspecified atom stereocenters. The highest BCUT2D eigenvalue weighted by molar-refractivity contribution is 6.01. The van der Waals surface area contributed by atoms with E-state index < -0.39 is 0 Å². The number of methoxy groups -OCH3 is 1. The van der Waals surface area contributed by atoms with Gasteiger partial charge in [0.05, 0.1) is 7.11 Å². The molecule has 1 fully saturated rings. The van der Waals surface area contributed by atoms with E-state index in [0.29, 0.717) is 29.9 Å². The lowest BCUT2D eigenvalue weighted by Gasteiger charge is -2.25. The van der Waals surface area contributed by atoms with E-state index >= 15 is 0 Å². The summed E-state index contributed by atoms with van der Waals surface area (Å²) in [5.41, 5.74) is 0.672. The van der Waals surface area contributed by atoms with E-state index in [-0.39, 0.29) is 11.8 Å². The molecule has 8 heteroatoms. The lowest BCUT2D eigenvalue weighted by atomic mass is 9.89. The van der Waals surface area contributed by atoms with Gasteiger partial charge in [-0.2, -0.15) is 0 Å². The zero-order valence-corrected chi connectivity index (χ0v) is 14.8. The van der Waals surface area contributed by atoms with E-state index in [9.17, 15) is 9.59 Å². The second kappa shape index (κ2) is 6.44. The van der Waals surface area contributed by atoms with Crippen molar-refractivity contribution in [3.05, 3.63) is 35.9 Å². The zero-order chi connectivity index (χ0) is 18.3. The normalized spacial score (nSPS) is 21.1. The Hall–Kier alpha value is -2.90. The Morgan fingerprint density at radius 2 is 1.85 bits per heavy atom. The number of nitrogens with one attached hydrogen (secondary N) is 1. The minimum Gasteiger partial charge on any atom is -0.497 e. The van der Waals surface area contributed by atoms with Crippen LogP contribution in [-0.4, -0.2) is 51.7 Å². The SMILES string of the molecule is COc1ccc(NC(=O)c2nnc3n2C[C@@H]2CN(C(C)=O)C[C@@H]2C3)cc1. The maximum absolute atomic E-state index is 12.6. The molecule has 0 bridgehead atoms. The van der Waals surface area contributed by atoms with Crippen molar-refractivity contribution in [1.29, 1.82) is 0 Å². The number of hydrogen-bond acceptors (Lipinski definition) is 5. The minimum atomic E-state index is -0.284. The Morgan fingerprint density at radius 1 is 1.12 bits per heavy atom. The fourth-order valence-corrected chi connectivity index (χ4v) is 3.81. The largest absolute Gasteiger partial charge is 0.497 e. The van der Waals surface area contributed by atoms with Crippen LogP contribution in [0.3, 0.4) is 0 Å². The molecule has 26 heavy (non-hydrogen) atoms. The molecule has 1 N–H and O–H groups in total. The van der Waals surface area contributed by atoms with Gasteiger partial charge in [-0.1, -0.05) is 0 Å². The summed E-state index contributed by atoms with van der Waals surface area (Å²) in [6, 6.07) is 7.13. The molecule has 2 aromatic rings. The number of anilines is 1. The first-order valence-electron chi connectivity index (χ1n) is 8.68. The maximum Gasteiger partial charge on any atom is 0.293 e. The molecule has 2 aliphatic heterocycles. The summed E-state index contributed by atoms with van der Waals surface area (Å²) in [5.74, 6) is 2.42. The molecule has 2 amide bonds. The Bertz CT molecular complexity index is 845. The number of benzene rings is 1. The number of ether oxygens (including phenoxy) is 1. The lowest BCUT2D eigenvalue weighted by Crippen LogP contribution is -2.31. The van der Waals surface area contributed by atoms with Crippen LogP contribution in [-0.2, 0) is 17.8 Å². The summed E-state index contributed by atoms with van der Waals surface area (Å²) in [5, 5.41) is 11.2. The Balaban J connectivity index is 1.50. The molecule has 1 aromatic heterocycles. The Kier molecular flexibility index (Phi) is 4.10. The van der Waals surface area contributed by atoms with E-state index in [0.717, 1.165) is 31.1 Å². The van der Waals surface area contributed by atoms with Crippen LogP contribution in [0.25, 0.3) is 0 Å². The third-order valence-electron chi connectivity index (χ3n) is 5.26. The van der Waals surface area contributed by atoms with Gasteiger partial charge in [0, 0.05) is 38.7 Å². The molecule has 136 valence electrons. The molecule has 0 spiro atoms. The van der Waals surface area contributed by atoms with Gasteiger partial charge in [0.25, 0.3) is 5.91 Å². The second-order valence-corrected chi connectivity index (χ2v) is 6.88. The Morgan fingerprint density at radius 3 is 2.54 bits per heavy atom. The quantitative estimate of drug-likeness (QED) is 0.893. The van der Waals surface area contributed by atoms with E-state index in [1.165, 1.54) is 0 Å². The molecule has 0 radical (unpaired) electrons. The summed E-state index contributed by atoms with van der Waals surface area (Å²) in [4.78, 5) is 26.2. The molecule has 4 rings (SSSR count). The van der Waals surface area contributed by atoms with E-state index in [1.807, 2.05) is 9.47 Å². The van der Waals surface area contributed by atoms with Gasteiger partial charge in [-0.15, -0.1) is 10.2 Å². The molecule has 0 aliphatic carbocycles. The summed E-state index contributed by atoms with van der Waals surface area (Å²) in [7, 11) is 1.60. The van der Waals surface area contributed by atoms with Crippen molar-refractivity contribution >= 4 is 17.5 Å². The summed E-state index contributed by atoms with van der Waals surface area (Å²) >= 11 is 0. The highest BCUT2D eigenvalue weighted by Gasteiger charge is 2.39. The van der Waals surface area contributed by atoms with E-state index in [1.54, 1.807) is 38.3 Å². The minimum absolute atomic E-state index is 0.104. The van der Waals surface area contributed by atoms with Gasteiger partial charge < -0.3 is 19.5 Å². The monoisotopic (exact) mass is 355 g/mol. The molecule has 0 saturated carbocycles. The summed E-state index contributed by atoms with van der Waals surface area (Å²) in [6.07, 6.45) is 0.747. The molecule has 8 nitrogen and oxygen atoms in total. The predicted octanol–water partition coefficient (Wildman–Crippen LogP) is 1.19. The third-order valence-corrected chi connectivity index (χ3v) is 5.26. The van der Waals surface area contributed by atoms with Gasteiger partial charge >= 0.3 is 0 Å². The van der Waals surface area contributed by atoms with Crippen LogP contribution in [0.1, 0.15) is 23.4 Å². The molecular weight excluding hydrogens is 334 g/mol. The smallest absolute Gasteiger partial charge is 0.293 e. The average molecular weight is 355 g/mol. The average Bonchev–Trinajstić information content (AvgIpc) is 3.23. The third kappa shape index (κ3) is 2.91. The first-order valence-corrected chi connectivity index (χ1v) is 8.68. The predicted molar refractivity (Wildman–Crippen MR) is 93.9 cm³/mol. The number of likely N-dealkylation sites (tertiary alicyclic amines) is 1. The highest BCUT2D eigenvalue weighted by atomic mass is 16.5. The number of nitrogens with zero attached hydrogens (tertiary/aromatic N) is 4. The number of carbonyl (C=O) groups is 2. The van der Waals surface area contributed by atoms with Gasteiger partial charge in [0.2, 0.25) is 11.7 Å². The van der Waals surface area contributed by atoms with Crippen molar-refractivity contribution < 1.29 is 14.3 Å². The van der Waals surface area contributed by atoms with Crippen LogP contribution in [0.15, 0.2) is 24.3 Å². The van der Waals surface area contributed by atoms with Crippen LogP contribution in [0.2, 0.25) is 0 Å². The lowest BCUT2D eigenvalue weighted by molar-refractivity contribution is -0.128. The van der Waals surface area contributed by atoms with Crippen molar-refractivity contribution in [2.75, 3.05) is 25.5 Å². The van der Waals surface area contributed by atoms with Gasteiger partial charge in [-0.05, 0) is 36.1 Å². The fraction of sp³-hybridized carbons (Fsp3) is 0.444. The van der Waals surface area contributed by atoms with Gasteiger partial charge in [-0.3, -0.25) is 9.59 Å². The first-order chi connectivity index (χ1) is 12.5. The standard InChI is InChI=1S/C18H21N5O3/c1-11(24)22-8-12-7-16-20-21-17(23(16)10-13(12)9-22)18(25)19-14-3-5-15(26-2)6-4-14/h3-6,12-13H,7-10H2,1-2H3,(H,19,25)/t12-,13-/m0/s1. The topological polar surface area (TPSA) is 89.3 Å². The number of amides is 2. The molecule has 2 atom stereocenters. The van der Waals surface area contributed by atoms with Crippen LogP contribution < -0.4 is 10.1 Å². The highest BCUT2D eigenvalue weighted by Crippen LogP contribution is 2.32. The zero-order valence-electron chi connectivity index (χ0n) is 14.8. The molecule has 2 aliphatic rings. The Labute approximate surface area is 151 Å². The van der Waals surface area contributed by atoms with Crippen molar-refractivity contribution in [3.63, 3.8) is 0 Å².